The second-order valence-corrected chi connectivity index (χ2v) is 7.21. The Morgan fingerprint density at radius 3 is 1.26 bits per heavy atom. The SMILES string of the molecule is O=C(COCC(=O)Nc1ccc(Oc2ccncc2)cc1)Nc1ccc(Oc2ccncc2)cc1. The zero-order valence-corrected chi connectivity index (χ0v) is 18.6. The van der Waals surface area contributed by atoms with E-state index < -0.39 is 0 Å². The quantitative estimate of drug-likeness (QED) is 0.347. The number of hydrogen-bond acceptors (Lipinski definition) is 7. The van der Waals surface area contributed by atoms with E-state index in [2.05, 4.69) is 20.6 Å². The van der Waals surface area contributed by atoms with Gasteiger partial charge in [0.1, 0.15) is 36.2 Å². The Morgan fingerprint density at radius 2 is 0.886 bits per heavy atom. The molecule has 35 heavy (non-hydrogen) atoms. The number of anilines is 2. The highest BCUT2D eigenvalue weighted by atomic mass is 16.5. The van der Waals surface area contributed by atoms with Crippen LogP contribution >= 0.6 is 0 Å². The summed E-state index contributed by atoms with van der Waals surface area (Å²) < 4.78 is 16.6. The van der Waals surface area contributed by atoms with Crippen LogP contribution in [-0.4, -0.2) is 35.0 Å². The average Bonchev–Trinajstić information content (AvgIpc) is 2.88. The molecule has 176 valence electrons. The van der Waals surface area contributed by atoms with E-state index in [9.17, 15) is 9.59 Å². The van der Waals surface area contributed by atoms with Gasteiger partial charge in [-0.3, -0.25) is 19.6 Å². The minimum atomic E-state index is -0.377. The van der Waals surface area contributed by atoms with Gasteiger partial charge < -0.3 is 24.8 Å². The summed E-state index contributed by atoms with van der Waals surface area (Å²) in [5.41, 5.74) is 1.17. The third-order valence-electron chi connectivity index (χ3n) is 4.51. The molecule has 9 heteroatoms. The summed E-state index contributed by atoms with van der Waals surface area (Å²) in [7, 11) is 0. The highest BCUT2D eigenvalue weighted by molar-refractivity contribution is 5.93. The Balaban J connectivity index is 1.16. The summed E-state index contributed by atoms with van der Waals surface area (Å²) >= 11 is 0. The molecule has 0 saturated heterocycles. The van der Waals surface area contributed by atoms with Crippen LogP contribution in [0.1, 0.15) is 0 Å². The fourth-order valence-electron chi connectivity index (χ4n) is 2.93. The van der Waals surface area contributed by atoms with Gasteiger partial charge in [-0.05, 0) is 72.8 Å². The maximum atomic E-state index is 12.1. The van der Waals surface area contributed by atoms with E-state index in [1.807, 2.05) is 0 Å². The lowest BCUT2D eigenvalue weighted by Gasteiger charge is -2.09. The van der Waals surface area contributed by atoms with Gasteiger partial charge in [0.05, 0.1) is 0 Å². The van der Waals surface area contributed by atoms with E-state index in [1.54, 1.807) is 97.6 Å². The van der Waals surface area contributed by atoms with E-state index >= 15 is 0 Å². The van der Waals surface area contributed by atoms with Crippen molar-refractivity contribution >= 4 is 23.2 Å². The molecule has 4 rings (SSSR count). The molecule has 0 aliphatic rings. The van der Waals surface area contributed by atoms with Crippen molar-refractivity contribution in [1.82, 2.24) is 9.97 Å². The van der Waals surface area contributed by atoms with Crippen LogP contribution in [0.5, 0.6) is 23.0 Å². The molecule has 2 aromatic heterocycles. The molecular formula is C26H22N4O5. The molecule has 0 bridgehead atoms. The van der Waals surface area contributed by atoms with Crippen molar-refractivity contribution in [3.05, 3.63) is 97.6 Å². The minimum absolute atomic E-state index is 0.263. The van der Waals surface area contributed by atoms with Gasteiger partial charge >= 0.3 is 0 Å². The lowest BCUT2D eigenvalue weighted by molar-refractivity contribution is -0.125. The number of ether oxygens (including phenoxy) is 3. The number of rotatable bonds is 10. The second kappa shape index (κ2) is 11.9. The number of aromatic nitrogens is 2. The average molecular weight is 470 g/mol. The van der Waals surface area contributed by atoms with Gasteiger partial charge in [-0.1, -0.05) is 0 Å². The van der Waals surface area contributed by atoms with Crippen molar-refractivity contribution in [3.8, 4) is 23.0 Å². The third-order valence-corrected chi connectivity index (χ3v) is 4.51. The topological polar surface area (TPSA) is 112 Å². The van der Waals surface area contributed by atoms with Crippen LogP contribution in [0.3, 0.4) is 0 Å². The normalized spacial score (nSPS) is 10.3. The van der Waals surface area contributed by atoms with E-state index in [0.717, 1.165) is 0 Å². The Kier molecular flexibility index (Phi) is 7.97. The largest absolute Gasteiger partial charge is 0.457 e. The van der Waals surface area contributed by atoms with Crippen molar-refractivity contribution in [2.45, 2.75) is 0 Å². The molecule has 0 radical (unpaired) electrons. The van der Waals surface area contributed by atoms with Gasteiger partial charge in [-0.2, -0.15) is 0 Å². The van der Waals surface area contributed by atoms with E-state index in [0.29, 0.717) is 34.4 Å². The number of hydrogen-bond donors (Lipinski definition) is 2. The van der Waals surface area contributed by atoms with E-state index in [1.165, 1.54) is 0 Å². The molecule has 0 aliphatic heterocycles. The molecule has 2 heterocycles. The summed E-state index contributed by atoms with van der Waals surface area (Å²) in [5.74, 6) is 1.82. The molecule has 0 saturated carbocycles. The summed E-state index contributed by atoms with van der Waals surface area (Å²) in [5, 5.41) is 5.41. The van der Waals surface area contributed by atoms with Gasteiger partial charge in [-0.25, -0.2) is 0 Å². The van der Waals surface area contributed by atoms with Crippen molar-refractivity contribution in [2.75, 3.05) is 23.8 Å². The number of benzene rings is 2. The second-order valence-electron chi connectivity index (χ2n) is 7.21. The monoisotopic (exact) mass is 470 g/mol. The molecular weight excluding hydrogens is 448 g/mol. The lowest BCUT2D eigenvalue weighted by atomic mass is 10.3. The van der Waals surface area contributed by atoms with Crippen LogP contribution < -0.4 is 20.1 Å². The predicted molar refractivity (Wildman–Crippen MR) is 130 cm³/mol. The summed E-state index contributed by atoms with van der Waals surface area (Å²) in [6.07, 6.45) is 6.56. The van der Waals surface area contributed by atoms with Gasteiger partial charge in [0.25, 0.3) is 0 Å². The van der Waals surface area contributed by atoms with Gasteiger partial charge in [0.2, 0.25) is 11.8 Å². The molecule has 0 atom stereocenters. The number of carbonyl (C=O) groups excluding carboxylic acids is 2. The van der Waals surface area contributed by atoms with Crippen molar-refractivity contribution in [1.29, 1.82) is 0 Å². The molecule has 9 nitrogen and oxygen atoms in total. The van der Waals surface area contributed by atoms with Crippen molar-refractivity contribution in [3.63, 3.8) is 0 Å². The first-order valence-electron chi connectivity index (χ1n) is 10.7. The maximum absolute atomic E-state index is 12.1. The molecule has 2 aromatic carbocycles. The fraction of sp³-hybridized carbons (Fsp3) is 0.0769. The van der Waals surface area contributed by atoms with Crippen LogP contribution in [0.4, 0.5) is 11.4 Å². The molecule has 2 N–H and O–H groups in total. The Labute approximate surface area is 201 Å². The van der Waals surface area contributed by atoms with Crippen LogP contribution in [-0.2, 0) is 14.3 Å². The molecule has 2 amide bonds. The summed E-state index contributed by atoms with van der Waals surface area (Å²) in [4.78, 5) is 32.1. The Hall–Kier alpha value is -4.76. The zero-order chi connectivity index (χ0) is 24.3. The predicted octanol–water partition coefficient (Wildman–Crippen LogP) is 4.66. The molecule has 0 unspecified atom stereocenters. The molecule has 4 aromatic rings. The Bertz CT molecular complexity index is 1140. The highest BCUT2D eigenvalue weighted by Gasteiger charge is 2.07. The van der Waals surface area contributed by atoms with Crippen molar-refractivity contribution in [2.24, 2.45) is 0 Å². The van der Waals surface area contributed by atoms with Crippen LogP contribution in [0.25, 0.3) is 0 Å². The smallest absolute Gasteiger partial charge is 0.250 e. The number of amides is 2. The standard InChI is InChI=1S/C26H22N4O5/c31-25(29-19-1-5-21(6-2-19)34-23-9-13-27-14-10-23)17-33-18-26(32)30-20-3-7-22(8-4-20)35-24-11-15-28-16-12-24/h1-16H,17-18H2,(H,29,31)(H,30,32). The van der Waals surface area contributed by atoms with Crippen LogP contribution in [0.2, 0.25) is 0 Å². The van der Waals surface area contributed by atoms with Gasteiger partial charge in [-0.15, -0.1) is 0 Å². The Morgan fingerprint density at radius 1 is 0.543 bits per heavy atom. The van der Waals surface area contributed by atoms with Crippen molar-refractivity contribution < 1.29 is 23.8 Å². The first-order valence-corrected chi connectivity index (χ1v) is 10.7. The van der Waals surface area contributed by atoms with Crippen LogP contribution in [0.15, 0.2) is 97.6 Å². The minimum Gasteiger partial charge on any atom is -0.457 e. The number of carbonyl (C=O) groups is 2. The first kappa shape index (κ1) is 23.4. The highest BCUT2D eigenvalue weighted by Crippen LogP contribution is 2.23. The molecule has 0 aliphatic carbocycles. The summed E-state index contributed by atoms with van der Waals surface area (Å²) in [6.45, 7) is -0.525. The molecule has 0 spiro atoms. The third kappa shape index (κ3) is 7.65. The maximum Gasteiger partial charge on any atom is 0.250 e. The van der Waals surface area contributed by atoms with E-state index in [-0.39, 0.29) is 25.0 Å². The van der Waals surface area contributed by atoms with E-state index in [4.69, 9.17) is 14.2 Å². The van der Waals surface area contributed by atoms with Gasteiger partial charge in [0, 0.05) is 36.2 Å². The van der Waals surface area contributed by atoms with Gasteiger partial charge in [0.15, 0.2) is 0 Å². The fourth-order valence-corrected chi connectivity index (χ4v) is 2.93. The van der Waals surface area contributed by atoms with Crippen LogP contribution in [0, 0.1) is 0 Å². The zero-order valence-electron chi connectivity index (χ0n) is 18.6. The first-order chi connectivity index (χ1) is 17.1. The summed E-state index contributed by atoms with van der Waals surface area (Å²) in [6, 6.07) is 20.8. The molecule has 0 fully saturated rings. The number of nitrogens with one attached hydrogen (secondary N) is 2. The lowest BCUT2D eigenvalue weighted by Crippen LogP contribution is -2.23. The number of pyridine rings is 2. The number of nitrogens with zero attached hydrogens (tertiary/aromatic N) is 2.